The first-order chi connectivity index (χ1) is 8.53. The first-order valence-corrected chi connectivity index (χ1v) is 5.83. The molecule has 1 aromatic rings. The Morgan fingerprint density at radius 1 is 1.33 bits per heavy atom. The van der Waals surface area contributed by atoms with E-state index in [0.29, 0.717) is 5.75 Å². The average molecular weight is 259 g/mol. The minimum absolute atomic E-state index is 0.0230. The zero-order chi connectivity index (χ0) is 12.8. The molecule has 1 saturated heterocycles. The van der Waals surface area contributed by atoms with E-state index in [1.807, 2.05) is 0 Å². The fourth-order valence-corrected chi connectivity index (χ4v) is 2.53. The summed E-state index contributed by atoms with van der Waals surface area (Å²) >= 11 is 0. The first kappa shape index (κ1) is 11.6. The van der Waals surface area contributed by atoms with Crippen LogP contribution in [0.15, 0.2) is 18.2 Å². The Morgan fingerprint density at radius 3 is 2.94 bits per heavy atom. The molecule has 0 radical (unpaired) electrons. The molecule has 1 N–H and O–H groups in total. The summed E-state index contributed by atoms with van der Waals surface area (Å²) in [4.78, 5) is 0. The summed E-state index contributed by atoms with van der Waals surface area (Å²) in [6.45, 7) is 0.908. The second kappa shape index (κ2) is 4.05. The van der Waals surface area contributed by atoms with Crippen LogP contribution in [0.2, 0.25) is 0 Å². The molecule has 1 aromatic carbocycles. The summed E-state index contributed by atoms with van der Waals surface area (Å²) in [6, 6.07) is 4.37. The highest BCUT2D eigenvalue weighted by Crippen LogP contribution is 2.42. The van der Waals surface area contributed by atoms with Crippen molar-refractivity contribution in [3.63, 3.8) is 0 Å². The van der Waals surface area contributed by atoms with Crippen LogP contribution in [0.4, 0.5) is 13.2 Å². The Balaban J connectivity index is 1.85. The van der Waals surface area contributed by atoms with E-state index in [-0.39, 0.29) is 17.9 Å². The monoisotopic (exact) mass is 259 g/mol. The van der Waals surface area contributed by atoms with Crippen LogP contribution in [0.5, 0.6) is 11.5 Å². The molecule has 0 spiro atoms. The van der Waals surface area contributed by atoms with Crippen LogP contribution in [0, 0.1) is 0 Å². The third kappa shape index (κ3) is 2.12. The Kier molecular flexibility index (Phi) is 2.62. The van der Waals surface area contributed by atoms with Crippen molar-refractivity contribution in [3.8, 4) is 11.5 Å². The van der Waals surface area contributed by atoms with Gasteiger partial charge in [-0.05, 0) is 31.5 Å². The second-order valence-corrected chi connectivity index (χ2v) is 4.48. The van der Waals surface area contributed by atoms with E-state index < -0.39 is 6.36 Å². The highest BCUT2D eigenvalue weighted by Gasteiger charge is 2.37. The quantitative estimate of drug-likeness (QED) is 0.841. The number of hydrogen-bond acceptors (Lipinski definition) is 3. The third-order valence-electron chi connectivity index (χ3n) is 3.23. The van der Waals surface area contributed by atoms with E-state index >= 15 is 0 Å². The van der Waals surface area contributed by atoms with Gasteiger partial charge in [-0.1, -0.05) is 0 Å². The van der Waals surface area contributed by atoms with E-state index in [9.17, 15) is 13.2 Å². The lowest BCUT2D eigenvalue weighted by Crippen LogP contribution is -2.36. The number of fused-ring (bicyclic) bond motifs is 3. The van der Waals surface area contributed by atoms with Crippen molar-refractivity contribution in [3.05, 3.63) is 23.8 Å². The Morgan fingerprint density at radius 2 is 2.17 bits per heavy atom. The van der Waals surface area contributed by atoms with Crippen molar-refractivity contribution in [1.29, 1.82) is 0 Å². The molecule has 2 aliphatic rings. The van der Waals surface area contributed by atoms with Crippen molar-refractivity contribution in [2.45, 2.75) is 31.3 Å². The van der Waals surface area contributed by atoms with Crippen molar-refractivity contribution < 1.29 is 22.6 Å². The third-order valence-corrected chi connectivity index (χ3v) is 3.23. The molecule has 0 amide bonds. The molecule has 0 aromatic heterocycles. The van der Waals surface area contributed by atoms with Crippen molar-refractivity contribution in [2.75, 3.05) is 6.54 Å². The van der Waals surface area contributed by atoms with Crippen LogP contribution in [0.1, 0.15) is 24.4 Å². The lowest BCUT2D eigenvalue weighted by molar-refractivity contribution is -0.274. The number of ether oxygens (including phenoxy) is 2. The second-order valence-electron chi connectivity index (χ2n) is 4.48. The summed E-state index contributed by atoms with van der Waals surface area (Å²) in [6.07, 6.45) is -2.71. The van der Waals surface area contributed by atoms with Gasteiger partial charge in [-0.3, -0.25) is 0 Å². The lowest BCUT2D eigenvalue weighted by atomic mass is 9.97. The van der Waals surface area contributed by atoms with Crippen molar-refractivity contribution in [1.82, 2.24) is 5.32 Å². The molecule has 3 nitrogen and oxygen atoms in total. The van der Waals surface area contributed by atoms with E-state index in [2.05, 4.69) is 10.1 Å². The van der Waals surface area contributed by atoms with Crippen LogP contribution in [-0.4, -0.2) is 19.0 Å². The van der Waals surface area contributed by atoms with Gasteiger partial charge in [-0.25, -0.2) is 0 Å². The SMILES string of the molecule is FC(F)(F)Oc1ccc2c(c1)OC1CCCNC21. The number of hydrogen-bond donors (Lipinski definition) is 1. The average Bonchev–Trinajstić information content (AvgIpc) is 2.64. The van der Waals surface area contributed by atoms with Crippen molar-refractivity contribution >= 4 is 0 Å². The minimum atomic E-state index is -4.67. The molecular formula is C12H12F3NO2. The maximum absolute atomic E-state index is 12.1. The standard InChI is InChI=1S/C12H12F3NO2/c13-12(14,15)18-7-3-4-8-10(6-7)17-9-2-1-5-16-11(8)9/h3-4,6,9,11,16H,1-2,5H2. The highest BCUT2D eigenvalue weighted by atomic mass is 19.4. The van der Waals surface area contributed by atoms with E-state index in [1.54, 1.807) is 6.07 Å². The van der Waals surface area contributed by atoms with Gasteiger partial charge in [-0.2, -0.15) is 0 Å². The Bertz CT molecular complexity index is 461. The molecule has 2 heterocycles. The molecule has 98 valence electrons. The number of rotatable bonds is 1. The van der Waals surface area contributed by atoms with E-state index in [4.69, 9.17) is 4.74 Å². The topological polar surface area (TPSA) is 30.5 Å². The molecule has 0 aliphatic carbocycles. The van der Waals surface area contributed by atoms with Crippen LogP contribution in [-0.2, 0) is 0 Å². The van der Waals surface area contributed by atoms with Gasteiger partial charge in [0.2, 0.25) is 0 Å². The van der Waals surface area contributed by atoms with Gasteiger partial charge >= 0.3 is 6.36 Å². The maximum Gasteiger partial charge on any atom is 0.573 e. The normalized spacial score (nSPS) is 26.2. The fraction of sp³-hybridized carbons (Fsp3) is 0.500. The lowest BCUT2D eigenvalue weighted by Gasteiger charge is -2.25. The molecule has 2 atom stereocenters. The summed E-state index contributed by atoms with van der Waals surface area (Å²) < 4.78 is 45.9. The molecule has 1 fully saturated rings. The van der Waals surface area contributed by atoms with Gasteiger partial charge in [-0.15, -0.1) is 13.2 Å². The molecule has 0 bridgehead atoms. The summed E-state index contributed by atoms with van der Waals surface area (Å²) in [7, 11) is 0. The molecule has 6 heteroatoms. The summed E-state index contributed by atoms with van der Waals surface area (Å²) in [5.41, 5.74) is 0.911. The van der Waals surface area contributed by atoms with Crippen molar-refractivity contribution in [2.24, 2.45) is 0 Å². The molecule has 2 unspecified atom stereocenters. The van der Waals surface area contributed by atoms with Gasteiger partial charge in [0.25, 0.3) is 0 Å². The number of halogens is 3. The van der Waals surface area contributed by atoms with E-state index in [1.165, 1.54) is 12.1 Å². The van der Waals surface area contributed by atoms with Gasteiger partial charge in [0.1, 0.15) is 17.6 Å². The molecule has 3 rings (SSSR count). The van der Waals surface area contributed by atoms with E-state index in [0.717, 1.165) is 24.9 Å². The largest absolute Gasteiger partial charge is 0.573 e. The van der Waals surface area contributed by atoms with Crippen LogP contribution >= 0.6 is 0 Å². The predicted molar refractivity (Wildman–Crippen MR) is 57.5 cm³/mol. The molecule has 0 saturated carbocycles. The predicted octanol–water partition coefficient (Wildman–Crippen LogP) is 2.77. The molecular weight excluding hydrogens is 247 g/mol. The Labute approximate surface area is 102 Å². The maximum atomic E-state index is 12.1. The number of piperidine rings is 1. The zero-order valence-corrected chi connectivity index (χ0v) is 9.46. The summed E-state index contributed by atoms with van der Waals surface area (Å²) in [5, 5.41) is 3.32. The van der Waals surface area contributed by atoms with Gasteiger partial charge < -0.3 is 14.8 Å². The number of nitrogens with one attached hydrogen (secondary N) is 1. The summed E-state index contributed by atoms with van der Waals surface area (Å²) in [5.74, 6) is 0.251. The van der Waals surface area contributed by atoms with Gasteiger partial charge in [0.05, 0.1) is 6.04 Å². The van der Waals surface area contributed by atoms with Gasteiger partial charge in [0, 0.05) is 11.6 Å². The number of alkyl halides is 3. The van der Waals surface area contributed by atoms with Crippen LogP contribution in [0.25, 0.3) is 0 Å². The van der Waals surface area contributed by atoms with Crippen LogP contribution < -0.4 is 14.8 Å². The first-order valence-electron chi connectivity index (χ1n) is 5.83. The highest BCUT2D eigenvalue weighted by molar-refractivity contribution is 5.46. The fourth-order valence-electron chi connectivity index (χ4n) is 2.53. The molecule has 2 aliphatic heterocycles. The minimum Gasteiger partial charge on any atom is -0.488 e. The Hall–Kier alpha value is -1.43. The van der Waals surface area contributed by atoms with Crippen LogP contribution in [0.3, 0.4) is 0 Å². The zero-order valence-electron chi connectivity index (χ0n) is 9.46. The molecule has 18 heavy (non-hydrogen) atoms. The van der Waals surface area contributed by atoms with Gasteiger partial charge in [0.15, 0.2) is 0 Å². The smallest absolute Gasteiger partial charge is 0.488 e. The number of benzene rings is 1.